The molecule has 142 valence electrons. The van der Waals surface area contributed by atoms with E-state index in [0.29, 0.717) is 29.7 Å². The van der Waals surface area contributed by atoms with Gasteiger partial charge in [0.15, 0.2) is 17.3 Å². The number of aryl methyl sites for hydroxylation is 1. The van der Waals surface area contributed by atoms with Crippen molar-refractivity contribution < 1.29 is 37.4 Å². The lowest BCUT2D eigenvalue weighted by Crippen LogP contribution is -2.13. The van der Waals surface area contributed by atoms with Crippen LogP contribution >= 0.6 is 0 Å². The number of methoxy groups -OCH3 is 1. The van der Waals surface area contributed by atoms with Gasteiger partial charge in [-0.15, -0.1) is 0 Å². The number of rotatable bonds is 5. The molecule has 0 aliphatic heterocycles. The molecule has 0 bridgehead atoms. The van der Waals surface area contributed by atoms with Crippen LogP contribution in [0, 0.1) is 6.92 Å². The number of alkyl halides is 2. The number of carboxylic acid groups (broad SMARTS) is 1. The van der Waals surface area contributed by atoms with Crippen LogP contribution in [0.5, 0.6) is 11.5 Å². The number of aromatic carboxylic acids is 1. The van der Waals surface area contributed by atoms with Gasteiger partial charge >= 0.3 is 12.6 Å². The van der Waals surface area contributed by atoms with Crippen molar-refractivity contribution in [1.29, 1.82) is 0 Å². The van der Waals surface area contributed by atoms with Crippen LogP contribution in [0.2, 0.25) is 0 Å². The summed E-state index contributed by atoms with van der Waals surface area (Å²) < 4.78 is 39.8. The van der Waals surface area contributed by atoms with Gasteiger partial charge in [0.1, 0.15) is 5.76 Å². The molecule has 1 aromatic heterocycles. The number of hydrogen-bond acceptors (Lipinski definition) is 5. The molecular weight excluding hydrogens is 362 g/mol. The number of ketones is 1. The first-order valence-electron chi connectivity index (χ1n) is 8.05. The molecule has 0 spiro atoms. The highest BCUT2D eigenvalue weighted by atomic mass is 19.3. The molecule has 27 heavy (non-hydrogen) atoms. The van der Waals surface area contributed by atoms with Gasteiger partial charge in [-0.05, 0) is 37.1 Å². The van der Waals surface area contributed by atoms with Crippen LogP contribution in [0.4, 0.5) is 8.78 Å². The van der Waals surface area contributed by atoms with E-state index in [1.807, 2.05) is 0 Å². The topological polar surface area (TPSA) is 86.0 Å². The highest BCUT2D eigenvalue weighted by Crippen LogP contribution is 2.34. The van der Waals surface area contributed by atoms with Crippen molar-refractivity contribution >= 4 is 17.8 Å². The number of carbonyl (C=O) groups is 2. The average molecular weight is 378 g/mol. The number of benzene rings is 1. The lowest BCUT2D eigenvalue weighted by atomic mass is 9.88. The molecule has 0 radical (unpaired) electrons. The molecule has 0 saturated carbocycles. The summed E-state index contributed by atoms with van der Waals surface area (Å²) in [5, 5.41) is 9.15. The van der Waals surface area contributed by atoms with Crippen LogP contribution in [0.15, 0.2) is 28.2 Å². The second-order valence-electron chi connectivity index (χ2n) is 5.95. The maximum Gasteiger partial charge on any atom is 0.387 e. The average Bonchev–Trinajstić information content (AvgIpc) is 2.95. The molecule has 1 heterocycles. The molecular formula is C19H16F2O6. The summed E-state index contributed by atoms with van der Waals surface area (Å²) in [4.78, 5) is 24.0. The van der Waals surface area contributed by atoms with E-state index in [2.05, 4.69) is 4.74 Å². The van der Waals surface area contributed by atoms with Crippen molar-refractivity contribution in [2.75, 3.05) is 7.11 Å². The Hall–Kier alpha value is -3.16. The first kappa shape index (κ1) is 18.6. The Labute approximate surface area is 153 Å². The fourth-order valence-electron chi connectivity index (χ4n) is 3.08. The van der Waals surface area contributed by atoms with Crippen molar-refractivity contribution in [2.45, 2.75) is 26.4 Å². The van der Waals surface area contributed by atoms with Crippen molar-refractivity contribution in [2.24, 2.45) is 0 Å². The van der Waals surface area contributed by atoms with E-state index < -0.39 is 12.6 Å². The van der Waals surface area contributed by atoms with Crippen LogP contribution in [-0.2, 0) is 6.42 Å². The maximum atomic E-state index is 12.8. The summed E-state index contributed by atoms with van der Waals surface area (Å²) in [6.07, 6.45) is 2.28. The molecule has 1 aliphatic rings. The Morgan fingerprint density at radius 3 is 2.67 bits per heavy atom. The molecule has 0 atom stereocenters. The Balaban J connectivity index is 1.97. The lowest BCUT2D eigenvalue weighted by molar-refractivity contribution is -0.0512. The predicted molar refractivity (Wildman–Crippen MR) is 90.7 cm³/mol. The Kier molecular flexibility index (Phi) is 4.98. The van der Waals surface area contributed by atoms with E-state index in [-0.39, 0.29) is 34.2 Å². The Morgan fingerprint density at radius 2 is 2.04 bits per heavy atom. The number of carbonyl (C=O) groups excluding carboxylic acids is 1. The first-order valence-corrected chi connectivity index (χ1v) is 8.05. The SMILES string of the molecule is COc1ccc(/C=C2/CCc3oc(C(=O)O)c(C)c3C2=O)cc1OC(F)F. The quantitative estimate of drug-likeness (QED) is 0.788. The Bertz CT molecular complexity index is 942. The molecule has 0 fully saturated rings. The van der Waals surface area contributed by atoms with Crippen LogP contribution < -0.4 is 9.47 Å². The van der Waals surface area contributed by atoms with Crippen LogP contribution in [-0.4, -0.2) is 30.6 Å². The molecule has 8 heteroatoms. The molecule has 1 aliphatic carbocycles. The van der Waals surface area contributed by atoms with Crippen LogP contribution in [0.25, 0.3) is 6.08 Å². The van der Waals surface area contributed by atoms with Crippen LogP contribution in [0.3, 0.4) is 0 Å². The summed E-state index contributed by atoms with van der Waals surface area (Å²) in [5.41, 5.74) is 1.45. The van der Waals surface area contributed by atoms with E-state index in [1.165, 1.54) is 26.2 Å². The zero-order chi connectivity index (χ0) is 19.7. The number of allylic oxidation sites excluding steroid dienone is 1. The largest absolute Gasteiger partial charge is 0.493 e. The van der Waals surface area contributed by atoms with Gasteiger partial charge in [-0.2, -0.15) is 8.78 Å². The minimum atomic E-state index is -3.01. The number of ether oxygens (including phenoxy) is 2. The Morgan fingerprint density at radius 1 is 1.30 bits per heavy atom. The van der Waals surface area contributed by atoms with Crippen molar-refractivity contribution in [3.05, 3.63) is 52.0 Å². The van der Waals surface area contributed by atoms with Gasteiger partial charge in [0, 0.05) is 17.6 Å². The third-order valence-corrected chi connectivity index (χ3v) is 4.30. The van der Waals surface area contributed by atoms with Gasteiger partial charge < -0.3 is 19.0 Å². The molecule has 1 aromatic carbocycles. The first-order chi connectivity index (χ1) is 12.8. The van der Waals surface area contributed by atoms with Crippen molar-refractivity contribution in [3.8, 4) is 11.5 Å². The van der Waals surface area contributed by atoms with Crippen LogP contribution in [0.1, 0.15) is 44.2 Å². The zero-order valence-electron chi connectivity index (χ0n) is 14.5. The van der Waals surface area contributed by atoms with Gasteiger partial charge in [-0.1, -0.05) is 6.07 Å². The van der Waals surface area contributed by atoms with E-state index in [1.54, 1.807) is 12.1 Å². The van der Waals surface area contributed by atoms with E-state index >= 15 is 0 Å². The standard InChI is InChI=1S/C19H16F2O6/c1-9-15-13(26-17(9)18(23)24)6-4-11(16(15)22)7-10-3-5-12(25-2)14(8-10)27-19(20)21/h3,5,7-8,19H,4,6H2,1-2H3,(H,23,24)/b11-7-. The number of furan rings is 1. The van der Waals surface area contributed by atoms with Crippen molar-refractivity contribution in [3.63, 3.8) is 0 Å². The van der Waals surface area contributed by atoms with Crippen molar-refractivity contribution in [1.82, 2.24) is 0 Å². The highest BCUT2D eigenvalue weighted by Gasteiger charge is 2.31. The summed E-state index contributed by atoms with van der Waals surface area (Å²) in [5.74, 6) is -1.46. The smallest absolute Gasteiger partial charge is 0.387 e. The zero-order valence-corrected chi connectivity index (χ0v) is 14.5. The number of halogens is 2. The number of fused-ring (bicyclic) bond motifs is 1. The van der Waals surface area contributed by atoms with Gasteiger partial charge in [0.25, 0.3) is 0 Å². The maximum absolute atomic E-state index is 12.8. The molecule has 2 aromatic rings. The van der Waals surface area contributed by atoms with Gasteiger partial charge in [-0.3, -0.25) is 4.79 Å². The second kappa shape index (κ2) is 7.22. The predicted octanol–water partition coefficient (Wildman–Crippen LogP) is 4.11. The summed E-state index contributed by atoms with van der Waals surface area (Å²) in [7, 11) is 1.33. The van der Waals surface area contributed by atoms with Gasteiger partial charge in [-0.25, -0.2) is 4.79 Å². The summed E-state index contributed by atoms with van der Waals surface area (Å²) in [6, 6.07) is 4.43. The summed E-state index contributed by atoms with van der Waals surface area (Å²) in [6.45, 7) is -1.49. The van der Waals surface area contributed by atoms with E-state index in [4.69, 9.17) is 14.3 Å². The molecule has 0 amide bonds. The molecule has 3 rings (SSSR count). The minimum Gasteiger partial charge on any atom is -0.493 e. The van der Waals surface area contributed by atoms with Gasteiger partial charge in [0.05, 0.1) is 12.7 Å². The van der Waals surface area contributed by atoms with E-state index in [9.17, 15) is 18.4 Å². The highest BCUT2D eigenvalue weighted by molar-refractivity contribution is 6.14. The number of hydrogen-bond donors (Lipinski definition) is 1. The monoisotopic (exact) mass is 378 g/mol. The molecule has 6 nitrogen and oxygen atoms in total. The van der Waals surface area contributed by atoms with E-state index in [0.717, 1.165) is 0 Å². The third kappa shape index (κ3) is 3.55. The molecule has 1 N–H and O–H groups in total. The number of Topliss-reactive ketones (excluding diaryl/α,β-unsaturated/α-hetero) is 1. The molecule has 0 saturated heterocycles. The fourth-order valence-corrected chi connectivity index (χ4v) is 3.08. The molecule has 0 unspecified atom stereocenters. The number of carboxylic acids is 1. The second-order valence-corrected chi connectivity index (χ2v) is 5.95. The lowest BCUT2D eigenvalue weighted by Gasteiger charge is -2.14. The third-order valence-electron chi connectivity index (χ3n) is 4.30. The van der Waals surface area contributed by atoms with Gasteiger partial charge in [0.2, 0.25) is 5.76 Å². The minimum absolute atomic E-state index is 0.140. The fraction of sp³-hybridized carbons (Fsp3) is 0.263. The summed E-state index contributed by atoms with van der Waals surface area (Å²) >= 11 is 0. The normalized spacial score (nSPS) is 15.1.